The van der Waals surface area contributed by atoms with Crippen molar-refractivity contribution in [3.63, 3.8) is 0 Å². The summed E-state index contributed by atoms with van der Waals surface area (Å²) in [4.78, 5) is 24.2. The van der Waals surface area contributed by atoms with Crippen LogP contribution in [-0.4, -0.2) is 19.4 Å². The molecule has 0 atom stereocenters. The van der Waals surface area contributed by atoms with Crippen molar-refractivity contribution < 1.29 is 9.59 Å². The normalized spacial score (nSPS) is 10.2. The van der Waals surface area contributed by atoms with E-state index in [1.54, 1.807) is 12.1 Å². The zero-order valence-electron chi connectivity index (χ0n) is 11.2. The molecule has 0 saturated heterocycles. The van der Waals surface area contributed by atoms with Crippen molar-refractivity contribution in [2.24, 2.45) is 0 Å². The fraction of sp³-hybridized carbons (Fsp3) is 0.125. The first kappa shape index (κ1) is 14.7. The van der Waals surface area contributed by atoms with E-state index in [0.29, 0.717) is 11.1 Å². The van der Waals surface area contributed by atoms with E-state index in [9.17, 15) is 9.59 Å². The summed E-state index contributed by atoms with van der Waals surface area (Å²) in [6.07, 6.45) is 0.473. The van der Waals surface area contributed by atoms with Gasteiger partial charge in [0.15, 0.2) is 11.6 Å². The summed E-state index contributed by atoms with van der Waals surface area (Å²) in [5.41, 5.74) is 2.28. The molecule has 0 aliphatic rings. The van der Waals surface area contributed by atoms with Gasteiger partial charge >= 0.3 is 0 Å². The lowest BCUT2D eigenvalue weighted by atomic mass is 9.87. The van der Waals surface area contributed by atoms with Gasteiger partial charge in [0.05, 0.1) is 0 Å². The van der Waals surface area contributed by atoms with Crippen LogP contribution in [0.1, 0.15) is 33.6 Å². The first-order valence-electron chi connectivity index (χ1n) is 6.46. The van der Waals surface area contributed by atoms with Gasteiger partial charge in [-0.25, -0.2) is 0 Å². The standard InChI is InChI=1S/C16H14BBrO2/c17-13-7-3-1-5-11(13)15(19)9-10-16(20)12-6-2-4-8-14(12)18/h1-8H,9-10,17H2. The summed E-state index contributed by atoms with van der Waals surface area (Å²) >= 11 is 3.35. The molecule has 0 aromatic heterocycles. The SMILES string of the molecule is Bc1ccccc1C(=O)CCC(=O)c1ccccc1Br. The van der Waals surface area contributed by atoms with Crippen molar-refractivity contribution >= 4 is 40.8 Å². The fourth-order valence-electron chi connectivity index (χ4n) is 2.07. The fourth-order valence-corrected chi connectivity index (χ4v) is 2.58. The molecule has 100 valence electrons. The van der Waals surface area contributed by atoms with Crippen LogP contribution in [0.2, 0.25) is 0 Å². The van der Waals surface area contributed by atoms with Gasteiger partial charge in [-0.1, -0.05) is 63.9 Å². The Morgan fingerprint density at radius 2 is 1.35 bits per heavy atom. The summed E-state index contributed by atoms with van der Waals surface area (Å²) in [5, 5.41) is 0. The average Bonchev–Trinajstić information content (AvgIpc) is 2.45. The number of carbonyl (C=O) groups excluding carboxylic acids is 2. The van der Waals surface area contributed by atoms with E-state index in [1.807, 2.05) is 44.2 Å². The van der Waals surface area contributed by atoms with Crippen LogP contribution in [0.4, 0.5) is 0 Å². The van der Waals surface area contributed by atoms with E-state index in [0.717, 1.165) is 9.94 Å². The van der Waals surface area contributed by atoms with Crippen LogP contribution < -0.4 is 5.46 Å². The van der Waals surface area contributed by atoms with Gasteiger partial charge < -0.3 is 0 Å². The maximum atomic E-state index is 12.1. The third-order valence-electron chi connectivity index (χ3n) is 3.20. The van der Waals surface area contributed by atoms with E-state index < -0.39 is 0 Å². The average molecular weight is 329 g/mol. The molecule has 0 unspecified atom stereocenters. The van der Waals surface area contributed by atoms with Crippen molar-refractivity contribution in [1.29, 1.82) is 0 Å². The van der Waals surface area contributed by atoms with Gasteiger partial charge in [-0.2, -0.15) is 0 Å². The molecule has 0 aliphatic heterocycles. The van der Waals surface area contributed by atoms with Gasteiger partial charge in [-0.15, -0.1) is 0 Å². The Balaban J connectivity index is 2.03. The molecule has 0 N–H and O–H groups in total. The van der Waals surface area contributed by atoms with E-state index in [-0.39, 0.29) is 24.4 Å². The van der Waals surface area contributed by atoms with Gasteiger partial charge in [-0.3, -0.25) is 9.59 Å². The first-order chi connectivity index (χ1) is 9.59. The van der Waals surface area contributed by atoms with Gasteiger partial charge in [0.25, 0.3) is 0 Å². The Morgan fingerprint density at radius 1 is 0.850 bits per heavy atom. The van der Waals surface area contributed by atoms with Crippen molar-refractivity contribution in [3.05, 3.63) is 64.1 Å². The van der Waals surface area contributed by atoms with Crippen LogP contribution in [0.25, 0.3) is 0 Å². The van der Waals surface area contributed by atoms with Gasteiger partial charge in [0, 0.05) is 28.4 Å². The lowest BCUT2D eigenvalue weighted by Gasteiger charge is -2.05. The van der Waals surface area contributed by atoms with Crippen LogP contribution >= 0.6 is 15.9 Å². The summed E-state index contributed by atoms with van der Waals surface area (Å²) in [7, 11) is 1.91. The number of halogens is 1. The molecule has 0 fully saturated rings. The molecule has 0 saturated carbocycles. The molecule has 0 heterocycles. The molecule has 0 amide bonds. The first-order valence-corrected chi connectivity index (χ1v) is 7.25. The number of ketones is 2. The highest BCUT2D eigenvalue weighted by atomic mass is 79.9. The monoisotopic (exact) mass is 328 g/mol. The summed E-state index contributed by atoms with van der Waals surface area (Å²) in [6, 6.07) is 14.7. The van der Waals surface area contributed by atoms with E-state index in [2.05, 4.69) is 15.9 Å². The number of rotatable bonds is 5. The summed E-state index contributed by atoms with van der Waals surface area (Å²) in [6.45, 7) is 0. The van der Waals surface area contributed by atoms with Crippen LogP contribution in [0.3, 0.4) is 0 Å². The molecule has 0 bridgehead atoms. The van der Waals surface area contributed by atoms with Gasteiger partial charge in [0.2, 0.25) is 0 Å². The predicted octanol–water partition coefficient (Wildman–Crippen LogP) is 2.55. The Kier molecular flexibility index (Phi) is 4.91. The van der Waals surface area contributed by atoms with Crippen molar-refractivity contribution in [2.45, 2.75) is 12.8 Å². The Bertz CT molecular complexity index is 595. The third-order valence-corrected chi connectivity index (χ3v) is 3.89. The number of carbonyl (C=O) groups is 2. The lowest BCUT2D eigenvalue weighted by molar-refractivity contribution is 0.0917. The second-order valence-electron chi connectivity index (χ2n) is 4.64. The Morgan fingerprint density at radius 3 is 1.95 bits per heavy atom. The number of Topliss-reactive ketones (excluding diaryl/α,β-unsaturated/α-hetero) is 2. The van der Waals surface area contributed by atoms with Crippen molar-refractivity contribution in [3.8, 4) is 0 Å². The summed E-state index contributed by atoms with van der Waals surface area (Å²) < 4.78 is 0.772. The number of benzene rings is 2. The zero-order valence-corrected chi connectivity index (χ0v) is 12.8. The Hall–Kier alpha value is -1.68. The van der Waals surface area contributed by atoms with Crippen LogP contribution in [0.5, 0.6) is 0 Å². The van der Waals surface area contributed by atoms with Gasteiger partial charge in [-0.05, 0) is 6.07 Å². The molecule has 2 nitrogen and oxygen atoms in total. The minimum Gasteiger partial charge on any atom is -0.294 e. The molecule has 0 spiro atoms. The molecular weight excluding hydrogens is 315 g/mol. The minimum absolute atomic E-state index is 0.0144. The van der Waals surface area contributed by atoms with E-state index >= 15 is 0 Å². The molecule has 0 radical (unpaired) electrons. The van der Waals surface area contributed by atoms with Crippen LogP contribution in [-0.2, 0) is 0 Å². The topological polar surface area (TPSA) is 34.1 Å². The zero-order chi connectivity index (χ0) is 14.5. The molecule has 2 aromatic carbocycles. The Labute approximate surface area is 127 Å². The maximum absolute atomic E-state index is 12.1. The smallest absolute Gasteiger partial charge is 0.164 e. The molecule has 20 heavy (non-hydrogen) atoms. The largest absolute Gasteiger partial charge is 0.294 e. The molecule has 2 aromatic rings. The maximum Gasteiger partial charge on any atom is 0.164 e. The molecule has 0 aliphatic carbocycles. The summed E-state index contributed by atoms with van der Waals surface area (Å²) in [5.74, 6) is 0.00270. The van der Waals surface area contributed by atoms with Crippen LogP contribution in [0, 0.1) is 0 Å². The van der Waals surface area contributed by atoms with Crippen LogP contribution in [0.15, 0.2) is 53.0 Å². The highest BCUT2D eigenvalue weighted by Crippen LogP contribution is 2.18. The molecule has 4 heteroatoms. The molecule has 2 rings (SSSR count). The molecular formula is C16H14BBrO2. The van der Waals surface area contributed by atoms with Crippen molar-refractivity contribution in [2.75, 3.05) is 0 Å². The predicted molar refractivity (Wildman–Crippen MR) is 86.7 cm³/mol. The van der Waals surface area contributed by atoms with E-state index in [4.69, 9.17) is 0 Å². The minimum atomic E-state index is -0.0144. The lowest BCUT2D eigenvalue weighted by Crippen LogP contribution is -2.16. The quantitative estimate of drug-likeness (QED) is 0.624. The third kappa shape index (κ3) is 3.45. The number of hydrogen-bond acceptors (Lipinski definition) is 2. The second kappa shape index (κ2) is 6.66. The number of hydrogen-bond donors (Lipinski definition) is 0. The van der Waals surface area contributed by atoms with E-state index in [1.165, 1.54) is 0 Å². The second-order valence-corrected chi connectivity index (χ2v) is 5.50. The van der Waals surface area contributed by atoms with Crippen molar-refractivity contribution in [1.82, 2.24) is 0 Å². The highest BCUT2D eigenvalue weighted by molar-refractivity contribution is 9.10. The highest BCUT2D eigenvalue weighted by Gasteiger charge is 2.13. The van der Waals surface area contributed by atoms with Gasteiger partial charge in [0.1, 0.15) is 7.85 Å².